The number of rotatable bonds is 2. The van der Waals surface area contributed by atoms with E-state index in [-0.39, 0.29) is 10.8 Å². The highest BCUT2D eigenvalue weighted by molar-refractivity contribution is 5.48. The molecule has 0 N–H and O–H groups in total. The van der Waals surface area contributed by atoms with Crippen LogP contribution in [0.1, 0.15) is 71.9 Å². The lowest BCUT2D eigenvalue weighted by Crippen LogP contribution is -2.36. The summed E-state index contributed by atoms with van der Waals surface area (Å²) in [5.41, 5.74) is 4.46. The van der Waals surface area contributed by atoms with Crippen LogP contribution in [0, 0.1) is 0 Å². The molecule has 0 atom stereocenters. The molecule has 1 aromatic heterocycles. The first-order valence-corrected chi connectivity index (χ1v) is 12.3. The van der Waals surface area contributed by atoms with Crippen LogP contribution in [-0.2, 0) is 15.6 Å². The van der Waals surface area contributed by atoms with Gasteiger partial charge in [-0.3, -0.25) is 0 Å². The number of aromatic nitrogens is 1. The van der Waals surface area contributed by atoms with Gasteiger partial charge in [-0.1, -0.05) is 59.7 Å². The van der Waals surface area contributed by atoms with Crippen molar-refractivity contribution in [2.24, 2.45) is 0 Å². The maximum atomic E-state index is 5.36. The van der Waals surface area contributed by atoms with Gasteiger partial charge in [-0.2, -0.15) is 0 Å². The normalized spacial score (nSPS) is 17.6. The highest BCUT2D eigenvalue weighted by Gasteiger charge is 2.17. The second-order valence-electron chi connectivity index (χ2n) is 11.1. The molecule has 4 heteroatoms. The molecule has 32 heavy (non-hydrogen) atoms. The average Bonchev–Trinajstić information content (AvgIpc) is 2.80. The number of benzene rings is 1. The summed E-state index contributed by atoms with van der Waals surface area (Å²) < 4.78 is 5.36. The van der Waals surface area contributed by atoms with Crippen LogP contribution in [0.5, 0.6) is 0 Å². The molecule has 4 nitrogen and oxygen atoms in total. The van der Waals surface area contributed by atoms with Gasteiger partial charge in [0, 0.05) is 38.1 Å². The van der Waals surface area contributed by atoms with E-state index in [2.05, 4.69) is 92.7 Å². The third kappa shape index (κ3) is 6.96. The van der Waals surface area contributed by atoms with E-state index in [4.69, 9.17) is 4.74 Å². The summed E-state index contributed by atoms with van der Waals surface area (Å²) in [6.07, 6.45) is 6.02. The smallest absolute Gasteiger partial charge is 0.128 e. The number of ether oxygens (including phenoxy) is 1. The summed E-state index contributed by atoms with van der Waals surface area (Å²) in [5.74, 6) is 1.15. The first-order valence-electron chi connectivity index (χ1n) is 12.3. The molecule has 0 saturated carbocycles. The van der Waals surface area contributed by atoms with E-state index in [1.165, 1.54) is 49.2 Å². The molecule has 0 amide bonds. The van der Waals surface area contributed by atoms with E-state index in [1.54, 1.807) is 0 Å². The van der Waals surface area contributed by atoms with Gasteiger partial charge in [0.25, 0.3) is 0 Å². The van der Waals surface area contributed by atoms with Gasteiger partial charge in [0.05, 0.1) is 13.2 Å². The second kappa shape index (κ2) is 10.7. The fraction of sp³-hybridized carbons (Fsp3) is 0.607. The van der Waals surface area contributed by atoms with E-state index in [1.807, 2.05) is 6.20 Å². The molecular formula is C28H43N3O. The first-order chi connectivity index (χ1) is 15.1. The van der Waals surface area contributed by atoms with Crippen molar-refractivity contribution < 1.29 is 4.74 Å². The molecule has 3 heterocycles. The van der Waals surface area contributed by atoms with Gasteiger partial charge in [0.1, 0.15) is 5.82 Å². The zero-order chi connectivity index (χ0) is 23.2. The van der Waals surface area contributed by atoms with Gasteiger partial charge in [-0.15, -0.1) is 0 Å². The zero-order valence-electron chi connectivity index (χ0n) is 21.2. The second-order valence-corrected chi connectivity index (χ2v) is 11.1. The van der Waals surface area contributed by atoms with Crippen LogP contribution in [0.4, 0.5) is 11.5 Å². The molecule has 2 aromatic rings. The SMILES string of the molecule is CC(C)(C)c1ccc(N2CCCCC2)nc1.CC(C)(C)c1ccc(N2CCOCC2)cc1. The van der Waals surface area contributed by atoms with E-state index < -0.39 is 0 Å². The Morgan fingerprint density at radius 2 is 1.22 bits per heavy atom. The van der Waals surface area contributed by atoms with Crippen LogP contribution in [0.2, 0.25) is 0 Å². The average molecular weight is 438 g/mol. The van der Waals surface area contributed by atoms with E-state index >= 15 is 0 Å². The van der Waals surface area contributed by atoms with Crippen LogP contribution in [0.3, 0.4) is 0 Å². The Morgan fingerprint density at radius 3 is 1.72 bits per heavy atom. The minimum Gasteiger partial charge on any atom is -0.378 e. The Morgan fingerprint density at radius 1 is 0.656 bits per heavy atom. The largest absolute Gasteiger partial charge is 0.378 e. The number of anilines is 2. The number of morpholine rings is 1. The van der Waals surface area contributed by atoms with Crippen LogP contribution >= 0.6 is 0 Å². The fourth-order valence-electron chi connectivity index (χ4n) is 4.13. The third-order valence-electron chi connectivity index (χ3n) is 6.40. The molecule has 2 aliphatic rings. The predicted octanol–water partition coefficient (Wildman–Crippen LogP) is 6.19. The highest BCUT2D eigenvalue weighted by atomic mass is 16.5. The molecule has 0 spiro atoms. The topological polar surface area (TPSA) is 28.6 Å². The summed E-state index contributed by atoms with van der Waals surface area (Å²) in [7, 11) is 0. The van der Waals surface area contributed by atoms with Crippen molar-refractivity contribution in [1.29, 1.82) is 0 Å². The number of hydrogen-bond acceptors (Lipinski definition) is 4. The zero-order valence-corrected chi connectivity index (χ0v) is 21.2. The van der Waals surface area contributed by atoms with Gasteiger partial charge in [0.2, 0.25) is 0 Å². The van der Waals surface area contributed by atoms with Gasteiger partial charge in [-0.05, 0) is 59.4 Å². The summed E-state index contributed by atoms with van der Waals surface area (Å²) in [5, 5.41) is 0. The summed E-state index contributed by atoms with van der Waals surface area (Å²) in [6, 6.07) is 13.3. The first kappa shape index (κ1) is 24.6. The Balaban J connectivity index is 0.000000181. The molecule has 2 saturated heterocycles. The number of nitrogens with zero attached hydrogens (tertiary/aromatic N) is 3. The molecule has 0 radical (unpaired) electrons. The highest BCUT2D eigenvalue weighted by Crippen LogP contribution is 2.26. The van der Waals surface area contributed by atoms with Crippen LogP contribution < -0.4 is 9.80 Å². The van der Waals surface area contributed by atoms with Crippen molar-refractivity contribution in [3.05, 3.63) is 53.7 Å². The number of piperidine rings is 1. The molecule has 0 bridgehead atoms. The lowest BCUT2D eigenvalue weighted by Gasteiger charge is -2.29. The standard InChI is InChI=1S/C14H22N2.C14H21NO/c1-14(2,3)12-7-8-13(15-11-12)16-9-5-4-6-10-16;1-14(2,3)12-4-6-13(7-5-12)15-8-10-16-11-9-15/h7-8,11H,4-6,9-10H2,1-3H3;4-7H,8-11H2,1-3H3. The lowest BCUT2D eigenvalue weighted by molar-refractivity contribution is 0.122. The minimum atomic E-state index is 0.202. The Hall–Kier alpha value is -2.07. The van der Waals surface area contributed by atoms with Gasteiger partial charge in [0.15, 0.2) is 0 Å². The summed E-state index contributed by atoms with van der Waals surface area (Å²) in [4.78, 5) is 9.38. The molecule has 0 unspecified atom stereocenters. The minimum absolute atomic E-state index is 0.202. The van der Waals surface area contributed by atoms with Crippen molar-refractivity contribution in [2.45, 2.75) is 71.6 Å². The Labute approximate surface area is 196 Å². The van der Waals surface area contributed by atoms with Crippen molar-refractivity contribution in [1.82, 2.24) is 4.98 Å². The van der Waals surface area contributed by atoms with Crippen LogP contribution in [0.25, 0.3) is 0 Å². The fourth-order valence-corrected chi connectivity index (χ4v) is 4.13. The van der Waals surface area contributed by atoms with E-state index in [9.17, 15) is 0 Å². The maximum Gasteiger partial charge on any atom is 0.128 e. The van der Waals surface area contributed by atoms with E-state index in [0.717, 1.165) is 32.1 Å². The molecule has 176 valence electrons. The van der Waals surface area contributed by atoms with Crippen LogP contribution in [-0.4, -0.2) is 44.4 Å². The lowest BCUT2D eigenvalue weighted by atomic mass is 9.87. The maximum absolute atomic E-state index is 5.36. The van der Waals surface area contributed by atoms with Gasteiger partial charge in [-0.25, -0.2) is 4.98 Å². The quantitative estimate of drug-likeness (QED) is 0.560. The predicted molar refractivity (Wildman–Crippen MR) is 137 cm³/mol. The third-order valence-corrected chi connectivity index (χ3v) is 6.40. The van der Waals surface area contributed by atoms with Crippen molar-refractivity contribution in [3.63, 3.8) is 0 Å². The summed E-state index contributed by atoms with van der Waals surface area (Å²) >= 11 is 0. The monoisotopic (exact) mass is 437 g/mol. The molecule has 1 aromatic carbocycles. The number of hydrogen-bond donors (Lipinski definition) is 0. The summed E-state index contributed by atoms with van der Waals surface area (Å²) in [6.45, 7) is 19.5. The van der Waals surface area contributed by atoms with E-state index in [0.29, 0.717) is 0 Å². The molecular weight excluding hydrogens is 394 g/mol. The Kier molecular flexibility index (Phi) is 8.21. The molecule has 2 fully saturated rings. The molecule has 0 aliphatic carbocycles. The molecule has 4 rings (SSSR count). The Bertz CT molecular complexity index is 732. The van der Waals surface area contributed by atoms with Crippen molar-refractivity contribution >= 4 is 11.5 Å². The van der Waals surface area contributed by atoms with Crippen molar-refractivity contribution in [2.75, 3.05) is 49.2 Å². The molecule has 2 aliphatic heterocycles. The van der Waals surface area contributed by atoms with Gasteiger partial charge < -0.3 is 14.5 Å². The van der Waals surface area contributed by atoms with Crippen LogP contribution in [0.15, 0.2) is 42.6 Å². The number of pyridine rings is 1. The van der Waals surface area contributed by atoms with Gasteiger partial charge >= 0.3 is 0 Å². The van der Waals surface area contributed by atoms with Crippen molar-refractivity contribution in [3.8, 4) is 0 Å².